The molecule has 2 saturated carbocycles. The fourth-order valence-corrected chi connectivity index (χ4v) is 13.2. The van der Waals surface area contributed by atoms with Crippen molar-refractivity contribution in [1.82, 2.24) is 29.1 Å². The number of carboxylic acid groups (broad SMARTS) is 3. The minimum absolute atomic E-state index is 0. The van der Waals surface area contributed by atoms with Crippen LogP contribution in [-0.4, -0.2) is 135 Å². The fraction of sp³-hybridized carbons (Fsp3) is 0.241. The van der Waals surface area contributed by atoms with Crippen LogP contribution in [0.1, 0.15) is 126 Å². The van der Waals surface area contributed by atoms with E-state index in [1.54, 1.807) is 60.7 Å². The monoisotopic (exact) mass is 1390 g/mol. The number of halogens is 2. The van der Waals surface area contributed by atoms with Gasteiger partial charge in [0.25, 0.3) is 0 Å². The Labute approximate surface area is 618 Å². The summed E-state index contributed by atoms with van der Waals surface area (Å²) < 4.78 is 31.6. The summed E-state index contributed by atoms with van der Waals surface area (Å²) in [6, 6.07) is 56.0. The summed E-state index contributed by atoms with van der Waals surface area (Å²) in [6.07, 6.45) is 6.91. The molecule has 12 aromatic rings. The maximum Gasteiger partial charge on any atom is 2.00 e. The van der Waals surface area contributed by atoms with Gasteiger partial charge >= 0.3 is 43.7 Å². The van der Waals surface area contributed by atoms with Crippen LogP contribution in [0, 0.1) is 18.6 Å². The Hall–Kier alpha value is -9.63. The van der Waals surface area contributed by atoms with Gasteiger partial charge in [-0.25, -0.2) is 23.5 Å². The number of aromatic carboxylic acids is 1. The molecule has 4 aromatic heterocycles. The zero-order valence-corrected chi connectivity index (χ0v) is 59.0. The largest absolute Gasteiger partial charge is 2.00 e. The predicted molar refractivity (Wildman–Crippen MR) is 391 cm³/mol. The third kappa shape index (κ3) is 17.5. The van der Waals surface area contributed by atoms with Gasteiger partial charge in [-0.3, -0.25) is 9.97 Å². The van der Waals surface area contributed by atoms with Gasteiger partial charge in [0.15, 0.2) is 0 Å². The zero-order valence-electron chi connectivity index (χ0n) is 56.8. The maximum atomic E-state index is 13.6. The predicted octanol–water partition coefficient (Wildman–Crippen LogP) is 13.3. The second kappa shape index (κ2) is 33.0. The molecule has 16 nitrogen and oxygen atoms in total. The van der Waals surface area contributed by atoms with Crippen LogP contribution in [0.4, 0.5) is 8.78 Å². The number of aliphatic hydroxyl groups excluding tert-OH is 4. The second-order valence-electron chi connectivity index (χ2n) is 26.0. The van der Waals surface area contributed by atoms with Crippen molar-refractivity contribution in [3.63, 3.8) is 0 Å². The van der Waals surface area contributed by atoms with E-state index in [2.05, 4.69) is 60.4 Å². The molecule has 0 spiro atoms. The van der Waals surface area contributed by atoms with E-state index >= 15 is 0 Å². The van der Waals surface area contributed by atoms with E-state index in [9.17, 15) is 58.9 Å². The maximum absolute atomic E-state index is 13.6. The van der Waals surface area contributed by atoms with Crippen LogP contribution in [0.25, 0.3) is 101 Å². The summed E-state index contributed by atoms with van der Waals surface area (Å²) in [4.78, 5) is 52.7. The van der Waals surface area contributed by atoms with E-state index in [0.717, 1.165) is 167 Å². The Balaban J connectivity index is 0.000000155. The number of carbonyl (C=O) groups excluding carboxylic acids is 2. The number of hydrogen-bond acceptors (Lipinski definition) is 13. The van der Waals surface area contributed by atoms with Crippen molar-refractivity contribution >= 4 is 112 Å². The fourth-order valence-electron chi connectivity index (χ4n) is 13.2. The average molecular weight is 1400 g/mol. The molecule has 0 saturated heterocycles. The molecule has 14 rings (SSSR count). The smallest absolute Gasteiger partial charge is 0.550 e. The Morgan fingerprint density at radius 1 is 0.569 bits per heavy atom. The number of aliphatic hydroxyl groups is 4. The van der Waals surface area contributed by atoms with Gasteiger partial charge in [-0.1, -0.05) is 146 Å². The minimum Gasteiger partial charge on any atom is -0.550 e. The van der Waals surface area contributed by atoms with Gasteiger partial charge in [0.1, 0.15) is 23.3 Å². The third-order valence-corrected chi connectivity index (χ3v) is 18.3. The number of benzene rings is 8. The van der Waals surface area contributed by atoms with Crippen LogP contribution in [0.5, 0.6) is 0 Å². The molecule has 5 N–H and O–H groups in total. The number of aliphatic carboxylic acids is 2. The van der Waals surface area contributed by atoms with Crippen LogP contribution >= 0.6 is 0 Å². The van der Waals surface area contributed by atoms with Crippen molar-refractivity contribution in [1.29, 1.82) is 0 Å². The van der Waals surface area contributed by atoms with Gasteiger partial charge in [-0.2, -0.15) is 0 Å². The van der Waals surface area contributed by atoms with Crippen molar-refractivity contribution in [2.75, 3.05) is 0 Å². The quantitative estimate of drug-likeness (QED) is 0.0373. The van der Waals surface area contributed by atoms with E-state index in [4.69, 9.17) is 19.9 Å². The van der Waals surface area contributed by atoms with Gasteiger partial charge in [-0.05, 0) is 139 Å². The number of rotatable bonds is 23. The number of hydrogen-bond donors (Lipinski definition) is 5. The van der Waals surface area contributed by atoms with Crippen LogP contribution < -0.4 is 10.2 Å². The van der Waals surface area contributed by atoms with Crippen molar-refractivity contribution in [3.8, 4) is 44.8 Å². The third-order valence-electron chi connectivity index (χ3n) is 18.3. The van der Waals surface area contributed by atoms with E-state index in [1.165, 1.54) is 24.3 Å². The van der Waals surface area contributed by atoms with Crippen LogP contribution in [-0.2, 0) is 29.6 Å². The number of pyridine rings is 2. The molecule has 2 fully saturated rings. The molecule has 102 heavy (non-hydrogen) atoms. The van der Waals surface area contributed by atoms with Crippen LogP contribution in [0.3, 0.4) is 0 Å². The number of carboxylic acids is 3. The van der Waals surface area contributed by atoms with Crippen molar-refractivity contribution in [3.05, 3.63) is 251 Å². The SMILES string of the molecule is CCCc1nc2c(C)cc(-c3nc4ccccc4n3C)cc2n1Cc1ccc(-c2ccccc2C(=O)O)cc1.O=C([O-])C[C@H](O)C[C@H](O)/C=C/c1c(C2CC2)nc2ccccc2c1-c1ccc(F)cc1.O=C([O-])C[C@H](O)C[C@H](O)/C=C/c1c(C2CC2)nc2ccccc2c1-c1ccc(F)cc1.[Ca+2]. The van der Waals surface area contributed by atoms with Gasteiger partial charge in [0, 0.05) is 108 Å². The summed E-state index contributed by atoms with van der Waals surface area (Å²) in [5, 5.41) is 72.9. The zero-order chi connectivity index (χ0) is 71.0. The van der Waals surface area contributed by atoms with Crippen molar-refractivity contribution in [2.45, 2.75) is 121 Å². The van der Waals surface area contributed by atoms with Crippen LogP contribution in [0.2, 0.25) is 0 Å². The van der Waals surface area contributed by atoms with Gasteiger partial charge in [-0.15, -0.1) is 0 Å². The molecule has 4 atom stereocenters. The molecular formula is C83H76CaF2N6O10. The van der Waals surface area contributed by atoms with E-state index in [0.29, 0.717) is 23.9 Å². The second-order valence-corrected chi connectivity index (χ2v) is 26.0. The first-order chi connectivity index (χ1) is 48.8. The number of fused-ring (bicyclic) bond motifs is 4. The molecule has 19 heteroatoms. The molecular weight excluding hydrogens is 1320 g/mol. The minimum atomic E-state index is -1.36. The first-order valence-electron chi connectivity index (χ1n) is 34.0. The number of carbonyl (C=O) groups is 3. The van der Waals surface area contributed by atoms with Crippen molar-refractivity contribution in [2.24, 2.45) is 7.05 Å². The van der Waals surface area contributed by atoms with E-state index < -0.39 is 55.2 Å². The Bertz CT molecular complexity index is 4910. The Kier molecular flexibility index (Phi) is 23.8. The summed E-state index contributed by atoms with van der Waals surface area (Å²) in [6.45, 7) is 4.98. The molecule has 8 aromatic carbocycles. The Morgan fingerprint density at radius 2 is 1.04 bits per heavy atom. The number of aromatic nitrogens is 6. The molecule has 0 amide bonds. The molecule has 0 unspecified atom stereocenters. The first kappa shape index (κ1) is 73.6. The molecule has 0 bridgehead atoms. The van der Waals surface area contributed by atoms with E-state index in [-0.39, 0.29) is 62.2 Å². The summed E-state index contributed by atoms with van der Waals surface area (Å²) >= 11 is 0. The van der Waals surface area contributed by atoms with Crippen molar-refractivity contribution < 1.29 is 58.9 Å². The number of nitrogens with zero attached hydrogens (tertiary/aromatic N) is 6. The first-order valence-corrected chi connectivity index (χ1v) is 34.0. The normalized spacial score (nSPS) is 14.1. The van der Waals surface area contributed by atoms with E-state index in [1.807, 2.05) is 91.0 Å². The summed E-state index contributed by atoms with van der Waals surface area (Å²) in [5.74, 6) is -1.64. The van der Waals surface area contributed by atoms with Gasteiger partial charge < -0.3 is 54.5 Å². The van der Waals surface area contributed by atoms with Crippen LogP contribution in [0.15, 0.2) is 194 Å². The Morgan fingerprint density at radius 3 is 1.52 bits per heavy atom. The molecule has 514 valence electrons. The summed E-state index contributed by atoms with van der Waals surface area (Å²) in [7, 11) is 2.06. The topological polar surface area (TPSA) is 260 Å². The van der Waals surface area contributed by atoms with Gasteiger partial charge in [0.2, 0.25) is 0 Å². The number of para-hydroxylation sites is 4. The molecule has 4 heterocycles. The molecule has 0 radical (unpaired) electrons. The number of imidazole rings is 2. The molecule has 2 aliphatic rings. The standard InChI is InChI=1S/C33H30N4O2.2C25H24FNO4.Ca/c1-4-9-30-35-31-21(2)18-24(32-34-27-12-7-8-13-28(27)36(32)3)19-29(31)37(30)20-22-14-16-23(17-15-22)25-10-5-6-11-26(25)33(38)39;2*26-17-9-7-15(8-10-17)24-20-3-1-2-4-22(20)27-25(16-5-6-16)21(24)12-11-18(28)13-19(29)14-23(30)31;/h5-8,10-19H,4,9,20H2,1-3H3,(H,38,39);2*1-4,7-12,16,18-19,28-29H,5-6,13-14H2,(H,30,31);/q;;;+2/p-2/b;2*12-11+;/t;2*18-,19-;/m.11./s1. The van der Waals surface area contributed by atoms with Gasteiger partial charge in [0.05, 0.1) is 74.5 Å². The summed E-state index contributed by atoms with van der Waals surface area (Å²) in [5.41, 5.74) is 18.2. The molecule has 0 aliphatic heterocycles. The average Bonchev–Trinajstić information content (AvgIpc) is 1.22. The number of aryl methyl sites for hydroxylation is 3. The molecule has 2 aliphatic carbocycles.